The fraction of sp³-hybridized carbons (Fsp3) is 0.364. The molecule has 142 valence electrons. The van der Waals surface area contributed by atoms with Gasteiger partial charge in [-0.1, -0.05) is 24.3 Å². The lowest BCUT2D eigenvalue weighted by Crippen LogP contribution is -2.38. The van der Waals surface area contributed by atoms with Crippen LogP contribution >= 0.6 is 0 Å². The molecule has 1 heterocycles. The van der Waals surface area contributed by atoms with Gasteiger partial charge in [-0.15, -0.1) is 0 Å². The molecule has 27 heavy (non-hydrogen) atoms. The van der Waals surface area contributed by atoms with Crippen molar-refractivity contribution in [2.45, 2.75) is 26.7 Å². The Morgan fingerprint density at radius 2 is 1.63 bits per heavy atom. The fourth-order valence-electron chi connectivity index (χ4n) is 3.41. The Bertz CT molecular complexity index is 850. The summed E-state index contributed by atoms with van der Waals surface area (Å²) < 4.78 is 13.4. The van der Waals surface area contributed by atoms with Crippen LogP contribution in [0.25, 0.3) is 0 Å². The van der Waals surface area contributed by atoms with Crippen molar-refractivity contribution >= 4 is 11.8 Å². The lowest BCUT2D eigenvalue weighted by Gasteiger charge is -2.22. The molecule has 5 heteroatoms. The SMILES string of the molecule is Cc1cc(C(=O)N2CCCN(C(=O)Cc3ccccc3C)CC2)ccc1F. The molecule has 3 rings (SSSR count). The highest BCUT2D eigenvalue weighted by atomic mass is 19.1. The number of aryl methyl sites for hydroxylation is 2. The molecule has 0 saturated carbocycles. The zero-order chi connectivity index (χ0) is 19.4. The van der Waals surface area contributed by atoms with E-state index in [1.54, 1.807) is 17.9 Å². The van der Waals surface area contributed by atoms with Crippen LogP contribution in [-0.4, -0.2) is 47.8 Å². The van der Waals surface area contributed by atoms with E-state index in [2.05, 4.69) is 0 Å². The molecule has 4 nitrogen and oxygen atoms in total. The molecule has 0 N–H and O–H groups in total. The zero-order valence-electron chi connectivity index (χ0n) is 15.9. The first-order valence-corrected chi connectivity index (χ1v) is 9.33. The molecule has 2 amide bonds. The molecule has 0 aliphatic carbocycles. The lowest BCUT2D eigenvalue weighted by atomic mass is 10.1. The molecule has 1 saturated heterocycles. The molecule has 0 aromatic heterocycles. The van der Waals surface area contributed by atoms with E-state index in [0.29, 0.717) is 43.7 Å². The van der Waals surface area contributed by atoms with Crippen LogP contribution in [-0.2, 0) is 11.2 Å². The van der Waals surface area contributed by atoms with Gasteiger partial charge in [-0.3, -0.25) is 9.59 Å². The predicted octanol–water partition coefficient (Wildman–Crippen LogP) is 3.36. The Morgan fingerprint density at radius 1 is 0.926 bits per heavy atom. The highest BCUT2D eigenvalue weighted by Gasteiger charge is 2.23. The number of amides is 2. The molecule has 0 unspecified atom stereocenters. The minimum absolute atomic E-state index is 0.0937. The van der Waals surface area contributed by atoms with Crippen LogP contribution < -0.4 is 0 Å². The van der Waals surface area contributed by atoms with Crippen molar-refractivity contribution in [3.8, 4) is 0 Å². The van der Waals surface area contributed by atoms with E-state index in [4.69, 9.17) is 0 Å². The smallest absolute Gasteiger partial charge is 0.253 e. The van der Waals surface area contributed by atoms with Gasteiger partial charge in [0.1, 0.15) is 5.82 Å². The van der Waals surface area contributed by atoms with Gasteiger partial charge in [0, 0.05) is 31.7 Å². The van der Waals surface area contributed by atoms with E-state index >= 15 is 0 Å². The normalized spacial score (nSPS) is 14.8. The van der Waals surface area contributed by atoms with Gasteiger partial charge in [-0.05, 0) is 55.2 Å². The van der Waals surface area contributed by atoms with E-state index in [1.807, 2.05) is 36.1 Å². The van der Waals surface area contributed by atoms with Crippen LogP contribution in [0.1, 0.15) is 33.5 Å². The minimum atomic E-state index is -0.310. The summed E-state index contributed by atoms with van der Waals surface area (Å²) in [4.78, 5) is 29.0. The van der Waals surface area contributed by atoms with Crippen LogP contribution in [0.4, 0.5) is 4.39 Å². The molecule has 1 aliphatic rings. The fourth-order valence-corrected chi connectivity index (χ4v) is 3.41. The molecule has 1 aliphatic heterocycles. The predicted molar refractivity (Wildman–Crippen MR) is 103 cm³/mol. The molecule has 0 spiro atoms. The van der Waals surface area contributed by atoms with Crippen molar-refractivity contribution in [3.63, 3.8) is 0 Å². The highest BCUT2D eigenvalue weighted by Crippen LogP contribution is 2.15. The number of carbonyl (C=O) groups is 2. The van der Waals surface area contributed by atoms with E-state index in [-0.39, 0.29) is 17.6 Å². The molecule has 0 radical (unpaired) electrons. The van der Waals surface area contributed by atoms with Gasteiger partial charge in [-0.2, -0.15) is 0 Å². The summed E-state index contributed by atoms with van der Waals surface area (Å²) in [7, 11) is 0. The Morgan fingerprint density at radius 3 is 2.37 bits per heavy atom. The number of hydrogen-bond acceptors (Lipinski definition) is 2. The highest BCUT2D eigenvalue weighted by molar-refractivity contribution is 5.94. The maximum atomic E-state index is 13.4. The van der Waals surface area contributed by atoms with Crippen LogP contribution in [0.3, 0.4) is 0 Å². The van der Waals surface area contributed by atoms with Crippen molar-refractivity contribution in [1.29, 1.82) is 0 Å². The van der Waals surface area contributed by atoms with Crippen LogP contribution in [0.2, 0.25) is 0 Å². The van der Waals surface area contributed by atoms with Gasteiger partial charge in [-0.25, -0.2) is 4.39 Å². The Labute approximate surface area is 159 Å². The third-order valence-electron chi connectivity index (χ3n) is 5.14. The maximum absolute atomic E-state index is 13.4. The molecule has 1 fully saturated rings. The number of carbonyl (C=O) groups excluding carboxylic acids is 2. The van der Waals surface area contributed by atoms with Crippen molar-refractivity contribution in [3.05, 3.63) is 70.5 Å². The Hall–Kier alpha value is -2.69. The number of hydrogen-bond donors (Lipinski definition) is 0. The van der Waals surface area contributed by atoms with Crippen molar-refractivity contribution < 1.29 is 14.0 Å². The Balaban J connectivity index is 1.63. The molecular weight excluding hydrogens is 343 g/mol. The van der Waals surface area contributed by atoms with Crippen molar-refractivity contribution in [1.82, 2.24) is 9.80 Å². The maximum Gasteiger partial charge on any atom is 0.253 e. The van der Waals surface area contributed by atoms with E-state index < -0.39 is 0 Å². The standard InChI is InChI=1S/C22H25FN2O2/c1-16-6-3-4-7-18(16)15-21(26)24-10-5-11-25(13-12-24)22(27)19-8-9-20(23)17(2)14-19/h3-4,6-9,14H,5,10-13,15H2,1-2H3. The molecule has 0 atom stereocenters. The van der Waals surface area contributed by atoms with Gasteiger partial charge in [0.25, 0.3) is 5.91 Å². The van der Waals surface area contributed by atoms with E-state index in [0.717, 1.165) is 17.5 Å². The second-order valence-corrected chi connectivity index (χ2v) is 7.09. The average Bonchev–Trinajstić information content (AvgIpc) is 2.91. The monoisotopic (exact) mass is 368 g/mol. The molecule has 0 bridgehead atoms. The summed E-state index contributed by atoms with van der Waals surface area (Å²) in [6, 6.07) is 12.4. The van der Waals surface area contributed by atoms with Crippen LogP contribution in [0.15, 0.2) is 42.5 Å². The summed E-state index contributed by atoms with van der Waals surface area (Å²) >= 11 is 0. The van der Waals surface area contributed by atoms with E-state index in [9.17, 15) is 14.0 Å². The van der Waals surface area contributed by atoms with Crippen LogP contribution in [0, 0.1) is 19.7 Å². The number of rotatable bonds is 3. The number of nitrogens with zero attached hydrogens (tertiary/aromatic N) is 2. The first-order chi connectivity index (χ1) is 13.0. The second-order valence-electron chi connectivity index (χ2n) is 7.09. The third kappa shape index (κ3) is 4.54. The minimum Gasteiger partial charge on any atom is -0.341 e. The number of halogens is 1. The van der Waals surface area contributed by atoms with Gasteiger partial charge in [0.15, 0.2) is 0 Å². The van der Waals surface area contributed by atoms with E-state index in [1.165, 1.54) is 12.1 Å². The topological polar surface area (TPSA) is 40.6 Å². The first kappa shape index (κ1) is 19.1. The van der Waals surface area contributed by atoms with Gasteiger partial charge in [0.2, 0.25) is 5.91 Å². The quantitative estimate of drug-likeness (QED) is 0.834. The number of benzene rings is 2. The molecule has 2 aromatic rings. The summed E-state index contributed by atoms with van der Waals surface area (Å²) in [5.74, 6) is -0.321. The molecule has 2 aromatic carbocycles. The lowest BCUT2D eigenvalue weighted by molar-refractivity contribution is -0.130. The third-order valence-corrected chi connectivity index (χ3v) is 5.14. The summed E-state index contributed by atoms with van der Waals surface area (Å²) in [5, 5.41) is 0. The van der Waals surface area contributed by atoms with Gasteiger partial charge >= 0.3 is 0 Å². The van der Waals surface area contributed by atoms with Crippen molar-refractivity contribution in [2.24, 2.45) is 0 Å². The summed E-state index contributed by atoms with van der Waals surface area (Å²) in [5.41, 5.74) is 3.12. The van der Waals surface area contributed by atoms with Gasteiger partial charge < -0.3 is 9.80 Å². The van der Waals surface area contributed by atoms with Gasteiger partial charge in [0.05, 0.1) is 6.42 Å². The van der Waals surface area contributed by atoms with Crippen molar-refractivity contribution in [2.75, 3.05) is 26.2 Å². The largest absolute Gasteiger partial charge is 0.341 e. The second kappa shape index (κ2) is 8.33. The first-order valence-electron chi connectivity index (χ1n) is 9.33. The zero-order valence-corrected chi connectivity index (χ0v) is 15.9. The summed E-state index contributed by atoms with van der Waals surface area (Å²) in [6.07, 6.45) is 1.13. The summed E-state index contributed by atoms with van der Waals surface area (Å²) in [6.45, 7) is 5.93. The average molecular weight is 368 g/mol. The van der Waals surface area contributed by atoms with Crippen LogP contribution in [0.5, 0.6) is 0 Å². The molecular formula is C22H25FN2O2. The Kier molecular flexibility index (Phi) is 5.89.